The molecule has 0 spiro atoms. The van der Waals surface area contributed by atoms with E-state index in [1.807, 2.05) is 0 Å². The van der Waals surface area contributed by atoms with Gasteiger partial charge in [0.05, 0.1) is 11.8 Å². The summed E-state index contributed by atoms with van der Waals surface area (Å²) in [6.07, 6.45) is 2.55. The summed E-state index contributed by atoms with van der Waals surface area (Å²) in [5, 5.41) is 10.2. The van der Waals surface area contributed by atoms with Gasteiger partial charge < -0.3 is 9.62 Å². The monoisotopic (exact) mass is 173 g/mol. The van der Waals surface area contributed by atoms with Crippen LogP contribution in [0.5, 0.6) is 0 Å². The molecule has 5 heteroatoms. The van der Waals surface area contributed by atoms with Crippen LogP contribution in [0.1, 0.15) is 10.4 Å². The first-order valence-corrected chi connectivity index (χ1v) is 3.08. The number of Topliss-reactive ketones (excluding diaryl/α,β-unsaturated/α-hetero) is 1. The fraction of sp³-hybridized carbons (Fsp3) is 0. The molecule has 58 valence electrons. The molecule has 1 heterocycles. The maximum absolute atomic E-state index is 11.0. The molecule has 0 radical (unpaired) electrons. The number of oxime groups is 1. The normalized spacial score (nSPS) is 11.5. The lowest BCUT2D eigenvalue weighted by Crippen LogP contribution is -2.06. The van der Waals surface area contributed by atoms with Crippen LogP contribution in [-0.2, 0) is 0 Å². The second kappa shape index (κ2) is 3.21. The van der Waals surface area contributed by atoms with Crippen molar-refractivity contribution in [2.75, 3.05) is 0 Å². The quantitative estimate of drug-likeness (QED) is 0.319. The minimum Gasteiger partial charge on any atom is -0.472 e. The molecule has 1 aromatic rings. The van der Waals surface area contributed by atoms with Gasteiger partial charge in [-0.1, -0.05) is 16.8 Å². The van der Waals surface area contributed by atoms with Crippen LogP contribution in [0.3, 0.4) is 0 Å². The minimum atomic E-state index is -0.567. The van der Waals surface area contributed by atoms with E-state index in [0.717, 1.165) is 0 Å². The molecule has 0 fully saturated rings. The van der Waals surface area contributed by atoms with Crippen LogP contribution in [-0.4, -0.2) is 16.2 Å². The molecule has 0 amide bonds. The zero-order valence-corrected chi connectivity index (χ0v) is 6.08. The highest BCUT2D eigenvalue weighted by molar-refractivity contribution is 6.84. The number of halogens is 1. The SMILES string of the molecule is O=C(/C(Cl)=N/O)c1ccoc1. The zero-order valence-electron chi connectivity index (χ0n) is 5.32. The highest BCUT2D eigenvalue weighted by atomic mass is 35.5. The van der Waals surface area contributed by atoms with Gasteiger partial charge in [-0.15, -0.1) is 0 Å². The Hall–Kier alpha value is -1.29. The average Bonchev–Trinajstić information content (AvgIpc) is 2.53. The number of carbonyl (C=O) groups is 1. The van der Waals surface area contributed by atoms with E-state index in [9.17, 15) is 4.79 Å². The number of hydrogen-bond donors (Lipinski definition) is 1. The summed E-state index contributed by atoms with van der Waals surface area (Å²) < 4.78 is 4.61. The van der Waals surface area contributed by atoms with E-state index >= 15 is 0 Å². The number of nitrogens with zero attached hydrogens (tertiary/aromatic N) is 1. The third-order valence-corrected chi connectivity index (χ3v) is 1.31. The van der Waals surface area contributed by atoms with Crippen molar-refractivity contribution in [1.29, 1.82) is 0 Å². The van der Waals surface area contributed by atoms with E-state index in [-0.39, 0.29) is 5.56 Å². The first kappa shape index (κ1) is 7.81. The Morgan fingerprint density at radius 2 is 2.45 bits per heavy atom. The van der Waals surface area contributed by atoms with Gasteiger partial charge >= 0.3 is 0 Å². The molecule has 0 saturated carbocycles. The summed E-state index contributed by atoms with van der Waals surface area (Å²) >= 11 is 5.22. The number of rotatable bonds is 2. The van der Waals surface area contributed by atoms with Gasteiger partial charge in [-0.3, -0.25) is 4.79 Å². The molecule has 0 unspecified atom stereocenters. The van der Waals surface area contributed by atoms with Crippen molar-refractivity contribution in [2.24, 2.45) is 5.16 Å². The number of furan rings is 1. The molecule has 1 rings (SSSR count). The maximum Gasteiger partial charge on any atom is 0.229 e. The molecule has 0 aliphatic rings. The Bertz CT molecular complexity index is 278. The summed E-state index contributed by atoms with van der Waals surface area (Å²) in [5.74, 6) is -0.567. The summed E-state index contributed by atoms with van der Waals surface area (Å²) in [7, 11) is 0. The van der Waals surface area contributed by atoms with Crippen molar-refractivity contribution in [1.82, 2.24) is 0 Å². The molecule has 1 aromatic heterocycles. The lowest BCUT2D eigenvalue weighted by molar-refractivity contribution is 0.106. The molecule has 0 aliphatic carbocycles. The largest absolute Gasteiger partial charge is 0.472 e. The van der Waals surface area contributed by atoms with E-state index in [2.05, 4.69) is 9.57 Å². The third kappa shape index (κ3) is 1.59. The molecule has 0 aliphatic heterocycles. The Labute approximate surface area is 67.1 Å². The fourth-order valence-corrected chi connectivity index (χ4v) is 0.667. The van der Waals surface area contributed by atoms with Crippen LogP contribution in [0.2, 0.25) is 0 Å². The van der Waals surface area contributed by atoms with E-state index in [1.165, 1.54) is 18.6 Å². The highest BCUT2D eigenvalue weighted by Gasteiger charge is 2.12. The van der Waals surface area contributed by atoms with Crippen LogP contribution in [0, 0.1) is 0 Å². The Balaban J connectivity index is 2.87. The van der Waals surface area contributed by atoms with Gasteiger partial charge in [-0.25, -0.2) is 0 Å². The van der Waals surface area contributed by atoms with E-state index < -0.39 is 11.0 Å². The van der Waals surface area contributed by atoms with Crippen molar-refractivity contribution in [2.45, 2.75) is 0 Å². The van der Waals surface area contributed by atoms with Gasteiger partial charge in [0, 0.05) is 0 Å². The van der Waals surface area contributed by atoms with Gasteiger partial charge in [-0.05, 0) is 6.07 Å². The van der Waals surface area contributed by atoms with Crippen LogP contribution < -0.4 is 0 Å². The first-order chi connectivity index (χ1) is 5.25. The molecule has 4 nitrogen and oxygen atoms in total. The van der Waals surface area contributed by atoms with Gasteiger partial charge in [0.1, 0.15) is 6.26 Å². The molecular formula is C6H4ClNO3. The van der Waals surface area contributed by atoms with Crippen molar-refractivity contribution in [3.8, 4) is 0 Å². The van der Waals surface area contributed by atoms with Crippen molar-refractivity contribution >= 4 is 22.6 Å². The molecule has 11 heavy (non-hydrogen) atoms. The highest BCUT2D eigenvalue weighted by Crippen LogP contribution is 2.04. The van der Waals surface area contributed by atoms with E-state index in [0.29, 0.717) is 0 Å². The van der Waals surface area contributed by atoms with Gasteiger partial charge in [-0.2, -0.15) is 0 Å². The number of carbonyl (C=O) groups excluding carboxylic acids is 1. The number of ketones is 1. The van der Waals surface area contributed by atoms with E-state index in [1.54, 1.807) is 0 Å². The lowest BCUT2D eigenvalue weighted by atomic mass is 10.2. The lowest BCUT2D eigenvalue weighted by Gasteiger charge is -1.88. The fourth-order valence-electron chi connectivity index (χ4n) is 0.558. The number of hydrogen-bond acceptors (Lipinski definition) is 4. The van der Waals surface area contributed by atoms with Crippen molar-refractivity contribution in [3.63, 3.8) is 0 Å². The molecule has 0 aromatic carbocycles. The Morgan fingerprint density at radius 3 is 2.91 bits per heavy atom. The summed E-state index contributed by atoms with van der Waals surface area (Å²) in [5.41, 5.74) is 0.257. The van der Waals surface area contributed by atoms with Gasteiger partial charge in [0.2, 0.25) is 11.0 Å². The van der Waals surface area contributed by atoms with Gasteiger partial charge in [0.15, 0.2) is 0 Å². The smallest absolute Gasteiger partial charge is 0.229 e. The van der Waals surface area contributed by atoms with Crippen LogP contribution in [0.25, 0.3) is 0 Å². The van der Waals surface area contributed by atoms with Crippen LogP contribution in [0.4, 0.5) is 0 Å². The maximum atomic E-state index is 11.0. The summed E-state index contributed by atoms with van der Waals surface area (Å²) in [6, 6.07) is 1.43. The summed E-state index contributed by atoms with van der Waals surface area (Å²) in [4.78, 5) is 11.0. The second-order valence-electron chi connectivity index (χ2n) is 1.73. The van der Waals surface area contributed by atoms with Crippen LogP contribution >= 0.6 is 11.6 Å². The van der Waals surface area contributed by atoms with Crippen LogP contribution in [0.15, 0.2) is 28.2 Å². The van der Waals surface area contributed by atoms with Gasteiger partial charge in [0.25, 0.3) is 0 Å². The topological polar surface area (TPSA) is 62.8 Å². The standard InChI is InChI=1S/C6H4ClNO3/c7-6(8-10)5(9)4-1-2-11-3-4/h1-3,10H/b8-6-. The zero-order chi connectivity index (χ0) is 8.27. The molecule has 0 saturated heterocycles. The van der Waals surface area contributed by atoms with Crippen molar-refractivity contribution < 1.29 is 14.4 Å². The Kier molecular flexibility index (Phi) is 2.28. The minimum absolute atomic E-state index is 0.257. The predicted octanol–water partition coefficient (Wildman–Crippen LogP) is 1.49. The molecule has 1 N–H and O–H groups in total. The predicted molar refractivity (Wildman–Crippen MR) is 38.1 cm³/mol. The Morgan fingerprint density at radius 1 is 1.73 bits per heavy atom. The van der Waals surface area contributed by atoms with Crippen molar-refractivity contribution in [3.05, 3.63) is 24.2 Å². The first-order valence-electron chi connectivity index (χ1n) is 2.70. The molecule has 0 bridgehead atoms. The summed E-state index contributed by atoms with van der Waals surface area (Å²) in [6.45, 7) is 0. The third-order valence-electron chi connectivity index (χ3n) is 1.06. The molecular weight excluding hydrogens is 170 g/mol. The van der Waals surface area contributed by atoms with E-state index in [4.69, 9.17) is 16.8 Å². The second-order valence-corrected chi connectivity index (χ2v) is 2.09. The molecule has 0 atom stereocenters. The average molecular weight is 174 g/mol.